The van der Waals surface area contributed by atoms with Crippen molar-refractivity contribution in [2.45, 2.75) is 27.2 Å². The minimum Gasteiger partial charge on any atom is -0.465 e. The fourth-order valence-corrected chi connectivity index (χ4v) is 2.28. The lowest BCUT2D eigenvalue weighted by Crippen LogP contribution is -2.41. The number of hydrogen-bond donors (Lipinski definition) is 0. The predicted octanol–water partition coefficient (Wildman–Crippen LogP) is 3.26. The van der Waals surface area contributed by atoms with E-state index in [1.807, 2.05) is 0 Å². The van der Waals surface area contributed by atoms with Crippen LogP contribution in [0.3, 0.4) is 0 Å². The first-order valence-corrected chi connectivity index (χ1v) is 7.43. The van der Waals surface area contributed by atoms with Gasteiger partial charge >= 0.3 is 11.9 Å². The standard InChI is InChI=1S/C15H18BrFO4/c1-4-20-13(18)15(3,14(19)21-5-2)9-10-7-6-8-11(17)12(10)16/h6-8H,4-5,9H2,1-3H3. The number of esters is 2. The van der Waals surface area contributed by atoms with E-state index >= 15 is 0 Å². The van der Waals surface area contributed by atoms with Gasteiger partial charge in [0.2, 0.25) is 0 Å². The molecule has 0 fully saturated rings. The molecule has 0 radical (unpaired) electrons. The van der Waals surface area contributed by atoms with Crippen molar-refractivity contribution in [1.29, 1.82) is 0 Å². The highest BCUT2D eigenvalue weighted by Crippen LogP contribution is 2.31. The van der Waals surface area contributed by atoms with Crippen LogP contribution in [0.2, 0.25) is 0 Å². The SMILES string of the molecule is CCOC(=O)C(C)(Cc1cccc(F)c1Br)C(=O)OCC. The van der Waals surface area contributed by atoms with E-state index in [0.29, 0.717) is 5.56 Å². The monoisotopic (exact) mass is 360 g/mol. The molecule has 0 N–H and O–H groups in total. The summed E-state index contributed by atoms with van der Waals surface area (Å²) in [5, 5.41) is 0. The van der Waals surface area contributed by atoms with Crippen LogP contribution in [0.1, 0.15) is 26.3 Å². The van der Waals surface area contributed by atoms with Crippen molar-refractivity contribution in [3.8, 4) is 0 Å². The van der Waals surface area contributed by atoms with Gasteiger partial charge in [-0.05, 0) is 48.3 Å². The van der Waals surface area contributed by atoms with Gasteiger partial charge in [-0.15, -0.1) is 0 Å². The molecule has 0 spiro atoms. The van der Waals surface area contributed by atoms with Crippen molar-refractivity contribution in [2.24, 2.45) is 5.41 Å². The predicted molar refractivity (Wildman–Crippen MR) is 79.2 cm³/mol. The molecule has 0 aromatic heterocycles. The van der Waals surface area contributed by atoms with Crippen LogP contribution >= 0.6 is 15.9 Å². The van der Waals surface area contributed by atoms with Crippen LogP contribution in [-0.2, 0) is 25.5 Å². The molecular formula is C15H18BrFO4. The Kier molecular flexibility index (Phi) is 6.33. The summed E-state index contributed by atoms with van der Waals surface area (Å²) in [5.74, 6) is -1.82. The summed E-state index contributed by atoms with van der Waals surface area (Å²) in [5.41, 5.74) is -1.01. The zero-order chi connectivity index (χ0) is 16.0. The Labute approximate surface area is 131 Å². The fraction of sp³-hybridized carbons (Fsp3) is 0.467. The zero-order valence-corrected chi connectivity index (χ0v) is 13.8. The maximum Gasteiger partial charge on any atom is 0.323 e. The van der Waals surface area contributed by atoms with Gasteiger partial charge < -0.3 is 9.47 Å². The smallest absolute Gasteiger partial charge is 0.323 e. The van der Waals surface area contributed by atoms with Crippen LogP contribution in [0, 0.1) is 11.2 Å². The van der Waals surface area contributed by atoms with Crippen LogP contribution in [0.15, 0.2) is 22.7 Å². The molecule has 0 saturated carbocycles. The summed E-state index contributed by atoms with van der Waals surface area (Å²) in [6.45, 7) is 5.06. The van der Waals surface area contributed by atoms with E-state index in [2.05, 4.69) is 15.9 Å². The normalized spacial score (nSPS) is 11.1. The van der Waals surface area contributed by atoms with E-state index < -0.39 is 23.2 Å². The maximum atomic E-state index is 13.6. The first-order valence-electron chi connectivity index (χ1n) is 6.64. The van der Waals surface area contributed by atoms with E-state index in [-0.39, 0.29) is 24.1 Å². The van der Waals surface area contributed by atoms with Crippen molar-refractivity contribution in [3.63, 3.8) is 0 Å². The van der Waals surface area contributed by atoms with E-state index in [0.717, 1.165) is 0 Å². The largest absolute Gasteiger partial charge is 0.465 e. The van der Waals surface area contributed by atoms with Gasteiger partial charge in [-0.2, -0.15) is 0 Å². The minimum atomic E-state index is -1.51. The van der Waals surface area contributed by atoms with Crippen LogP contribution in [0.25, 0.3) is 0 Å². The molecule has 0 saturated heterocycles. The highest BCUT2D eigenvalue weighted by atomic mass is 79.9. The first kappa shape index (κ1) is 17.6. The number of ether oxygens (including phenoxy) is 2. The lowest BCUT2D eigenvalue weighted by molar-refractivity contribution is -0.170. The number of halogens is 2. The molecule has 1 rings (SSSR count). The van der Waals surface area contributed by atoms with Crippen molar-refractivity contribution in [3.05, 3.63) is 34.1 Å². The molecule has 116 valence electrons. The van der Waals surface area contributed by atoms with Gasteiger partial charge in [-0.3, -0.25) is 9.59 Å². The van der Waals surface area contributed by atoms with Crippen LogP contribution < -0.4 is 0 Å². The van der Waals surface area contributed by atoms with Gasteiger partial charge in [0.25, 0.3) is 0 Å². The van der Waals surface area contributed by atoms with Gasteiger partial charge in [-0.25, -0.2) is 4.39 Å². The van der Waals surface area contributed by atoms with Gasteiger partial charge in [0, 0.05) is 6.42 Å². The topological polar surface area (TPSA) is 52.6 Å². The van der Waals surface area contributed by atoms with E-state index in [1.165, 1.54) is 19.1 Å². The van der Waals surface area contributed by atoms with Crippen LogP contribution in [-0.4, -0.2) is 25.2 Å². The number of hydrogen-bond acceptors (Lipinski definition) is 4. The minimum absolute atomic E-state index is 0.0109. The summed E-state index contributed by atoms with van der Waals surface area (Å²) in [6, 6.07) is 4.45. The zero-order valence-electron chi connectivity index (χ0n) is 12.2. The molecular weight excluding hydrogens is 343 g/mol. The van der Waals surface area contributed by atoms with Crippen LogP contribution in [0.4, 0.5) is 4.39 Å². The number of carbonyl (C=O) groups is 2. The molecule has 0 bridgehead atoms. The lowest BCUT2D eigenvalue weighted by Gasteiger charge is -2.25. The lowest BCUT2D eigenvalue weighted by atomic mass is 9.83. The molecule has 0 amide bonds. The molecule has 0 aliphatic carbocycles. The third kappa shape index (κ3) is 4.03. The average Bonchev–Trinajstić information content (AvgIpc) is 2.44. The van der Waals surface area contributed by atoms with Crippen molar-refractivity contribution in [2.75, 3.05) is 13.2 Å². The Morgan fingerprint density at radius 2 is 1.71 bits per heavy atom. The summed E-state index contributed by atoms with van der Waals surface area (Å²) < 4.78 is 23.7. The quantitative estimate of drug-likeness (QED) is 0.577. The first-order chi connectivity index (χ1) is 9.86. The highest BCUT2D eigenvalue weighted by Gasteiger charge is 2.44. The summed E-state index contributed by atoms with van der Waals surface area (Å²) in [4.78, 5) is 24.3. The van der Waals surface area contributed by atoms with E-state index in [1.54, 1.807) is 19.9 Å². The van der Waals surface area contributed by atoms with Gasteiger partial charge in [0.15, 0.2) is 5.41 Å². The summed E-state index contributed by atoms with van der Waals surface area (Å²) in [6.07, 6.45) is -0.0109. The second-order valence-corrected chi connectivity index (χ2v) is 5.46. The molecule has 0 aliphatic heterocycles. The Bertz CT molecular complexity index is 512. The molecule has 0 unspecified atom stereocenters. The van der Waals surface area contributed by atoms with Crippen molar-refractivity contribution < 1.29 is 23.5 Å². The van der Waals surface area contributed by atoms with E-state index in [9.17, 15) is 14.0 Å². The van der Waals surface area contributed by atoms with Crippen molar-refractivity contribution >= 4 is 27.9 Å². The Hall–Kier alpha value is -1.43. The maximum absolute atomic E-state index is 13.6. The fourth-order valence-electron chi connectivity index (χ4n) is 1.87. The third-order valence-corrected chi connectivity index (χ3v) is 3.92. The third-order valence-electron chi connectivity index (χ3n) is 3.03. The summed E-state index contributed by atoms with van der Waals surface area (Å²) in [7, 11) is 0. The average molecular weight is 361 g/mol. The second kappa shape index (κ2) is 7.54. The van der Waals surface area contributed by atoms with Gasteiger partial charge in [0.1, 0.15) is 5.82 Å². The molecule has 0 atom stereocenters. The van der Waals surface area contributed by atoms with Crippen molar-refractivity contribution in [1.82, 2.24) is 0 Å². The number of rotatable bonds is 6. The van der Waals surface area contributed by atoms with E-state index in [4.69, 9.17) is 9.47 Å². The molecule has 6 heteroatoms. The summed E-state index contributed by atoms with van der Waals surface area (Å²) >= 11 is 3.13. The van der Waals surface area contributed by atoms with Crippen LogP contribution in [0.5, 0.6) is 0 Å². The Morgan fingerprint density at radius 3 is 2.19 bits per heavy atom. The van der Waals surface area contributed by atoms with Gasteiger partial charge in [-0.1, -0.05) is 12.1 Å². The molecule has 1 aromatic carbocycles. The molecule has 0 heterocycles. The van der Waals surface area contributed by atoms with Gasteiger partial charge in [0.05, 0.1) is 17.7 Å². The Morgan fingerprint density at radius 1 is 1.19 bits per heavy atom. The molecule has 1 aromatic rings. The molecule has 0 aliphatic rings. The number of carbonyl (C=O) groups excluding carboxylic acids is 2. The molecule has 21 heavy (non-hydrogen) atoms. The molecule has 4 nitrogen and oxygen atoms in total. The second-order valence-electron chi connectivity index (χ2n) is 4.66. The highest BCUT2D eigenvalue weighted by molar-refractivity contribution is 9.10. The Balaban J connectivity index is 3.16. The number of benzene rings is 1.